The largest absolute Gasteiger partial charge is 0.478 e. The summed E-state index contributed by atoms with van der Waals surface area (Å²) in [4.78, 5) is 25.0. The fraction of sp³-hybridized carbons (Fsp3) is 0.400. The molecule has 0 bridgehead atoms. The van der Waals surface area contributed by atoms with Crippen molar-refractivity contribution in [3.63, 3.8) is 0 Å². The van der Waals surface area contributed by atoms with Gasteiger partial charge in [-0.1, -0.05) is 0 Å². The molecule has 16 heavy (non-hydrogen) atoms. The standard InChI is InChI=1S/C10H14N2O4/c1-10(11(2)4-5-12(10)3)7(9(15)16)6-8(13)14/h4-6H,1-3H3,(H,13,14)(H,15,16)/b7-6+. The Morgan fingerprint density at radius 1 is 1.19 bits per heavy atom. The van der Waals surface area contributed by atoms with Gasteiger partial charge in [-0.05, 0) is 6.92 Å². The van der Waals surface area contributed by atoms with Gasteiger partial charge >= 0.3 is 11.9 Å². The molecule has 6 heteroatoms. The fourth-order valence-electron chi connectivity index (χ4n) is 1.64. The molecule has 0 fully saturated rings. The molecular formula is C10H14N2O4. The van der Waals surface area contributed by atoms with E-state index in [4.69, 9.17) is 10.2 Å². The Labute approximate surface area is 93.1 Å². The summed E-state index contributed by atoms with van der Waals surface area (Å²) in [6, 6.07) is 0. The molecule has 0 aromatic rings. The lowest BCUT2D eigenvalue weighted by Crippen LogP contribution is -2.51. The Morgan fingerprint density at radius 3 is 1.94 bits per heavy atom. The van der Waals surface area contributed by atoms with Crippen molar-refractivity contribution < 1.29 is 19.8 Å². The van der Waals surface area contributed by atoms with Gasteiger partial charge in [0, 0.05) is 32.6 Å². The second kappa shape index (κ2) is 3.88. The van der Waals surface area contributed by atoms with E-state index in [-0.39, 0.29) is 5.57 Å². The number of hydrogen-bond acceptors (Lipinski definition) is 4. The molecule has 0 unspecified atom stereocenters. The van der Waals surface area contributed by atoms with Gasteiger partial charge in [-0.3, -0.25) is 0 Å². The third kappa shape index (κ3) is 1.73. The van der Waals surface area contributed by atoms with Gasteiger partial charge in [-0.15, -0.1) is 0 Å². The molecule has 0 spiro atoms. The molecule has 1 aliphatic heterocycles. The molecule has 0 aliphatic carbocycles. The Hall–Kier alpha value is -1.98. The lowest BCUT2D eigenvalue weighted by atomic mass is 9.99. The Bertz CT molecular complexity index is 374. The Kier molecular flexibility index (Phi) is 2.93. The lowest BCUT2D eigenvalue weighted by Gasteiger charge is -2.39. The molecule has 1 aliphatic rings. The van der Waals surface area contributed by atoms with Crippen LogP contribution in [-0.4, -0.2) is 51.7 Å². The first kappa shape index (κ1) is 12.1. The van der Waals surface area contributed by atoms with Crippen LogP contribution in [0, 0.1) is 0 Å². The zero-order valence-electron chi connectivity index (χ0n) is 9.34. The minimum Gasteiger partial charge on any atom is -0.478 e. The third-order valence-electron chi connectivity index (χ3n) is 2.90. The number of aliphatic carboxylic acids is 2. The van der Waals surface area contributed by atoms with Crippen LogP contribution in [0.4, 0.5) is 0 Å². The summed E-state index contributed by atoms with van der Waals surface area (Å²) >= 11 is 0. The second-order valence-corrected chi connectivity index (χ2v) is 3.74. The van der Waals surface area contributed by atoms with Gasteiger partial charge < -0.3 is 20.0 Å². The molecule has 0 radical (unpaired) electrons. The quantitative estimate of drug-likeness (QED) is 0.666. The average molecular weight is 226 g/mol. The number of nitrogens with zero attached hydrogens (tertiary/aromatic N) is 2. The molecule has 0 saturated carbocycles. The van der Waals surface area contributed by atoms with Crippen LogP contribution in [0.15, 0.2) is 24.0 Å². The summed E-state index contributed by atoms with van der Waals surface area (Å²) < 4.78 is 0. The summed E-state index contributed by atoms with van der Waals surface area (Å²) in [7, 11) is 3.39. The summed E-state index contributed by atoms with van der Waals surface area (Å²) in [6.07, 6.45) is 4.11. The predicted molar refractivity (Wildman–Crippen MR) is 56.4 cm³/mol. The van der Waals surface area contributed by atoms with Crippen molar-refractivity contribution in [2.45, 2.75) is 12.6 Å². The van der Waals surface area contributed by atoms with Crippen molar-refractivity contribution in [1.29, 1.82) is 0 Å². The zero-order valence-corrected chi connectivity index (χ0v) is 9.34. The van der Waals surface area contributed by atoms with Gasteiger partial charge in [0.1, 0.15) is 5.66 Å². The molecule has 6 nitrogen and oxygen atoms in total. The van der Waals surface area contributed by atoms with Crippen LogP contribution in [0.5, 0.6) is 0 Å². The van der Waals surface area contributed by atoms with E-state index in [0.29, 0.717) is 0 Å². The van der Waals surface area contributed by atoms with Gasteiger partial charge in [-0.2, -0.15) is 0 Å². The summed E-state index contributed by atoms with van der Waals surface area (Å²) in [5.74, 6) is -2.51. The molecule has 0 saturated heterocycles. The highest BCUT2D eigenvalue weighted by atomic mass is 16.4. The van der Waals surface area contributed by atoms with E-state index in [1.807, 2.05) is 0 Å². The summed E-state index contributed by atoms with van der Waals surface area (Å²) in [5.41, 5.74) is -1.17. The lowest BCUT2D eigenvalue weighted by molar-refractivity contribution is -0.137. The maximum absolute atomic E-state index is 11.1. The Balaban J connectivity index is 3.23. The normalized spacial score (nSPS) is 19.1. The van der Waals surface area contributed by atoms with Crippen molar-refractivity contribution in [3.05, 3.63) is 24.0 Å². The van der Waals surface area contributed by atoms with E-state index in [9.17, 15) is 9.59 Å². The van der Waals surface area contributed by atoms with Gasteiger partial charge in [-0.25, -0.2) is 9.59 Å². The minimum atomic E-state index is -1.27. The molecule has 0 aromatic carbocycles. The number of hydrogen-bond donors (Lipinski definition) is 2. The van der Waals surface area contributed by atoms with E-state index in [0.717, 1.165) is 6.08 Å². The van der Waals surface area contributed by atoms with Crippen molar-refractivity contribution in [2.24, 2.45) is 0 Å². The maximum Gasteiger partial charge on any atom is 0.336 e. The highest BCUT2D eigenvalue weighted by Gasteiger charge is 2.42. The van der Waals surface area contributed by atoms with Gasteiger partial charge in [0.05, 0.1) is 5.57 Å². The molecule has 0 amide bonds. The second-order valence-electron chi connectivity index (χ2n) is 3.74. The van der Waals surface area contributed by atoms with Crippen molar-refractivity contribution in [3.8, 4) is 0 Å². The van der Waals surface area contributed by atoms with Gasteiger partial charge in [0.25, 0.3) is 0 Å². The highest BCUT2D eigenvalue weighted by Crippen LogP contribution is 2.31. The average Bonchev–Trinajstić information content (AvgIpc) is 2.42. The third-order valence-corrected chi connectivity index (χ3v) is 2.90. The van der Waals surface area contributed by atoms with Crippen molar-refractivity contribution in [2.75, 3.05) is 14.1 Å². The van der Waals surface area contributed by atoms with Crippen LogP contribution in [0.1, 0.15) is 6.92 Å². The smallest absolute Gasteiger partial charge is 0.336 e. The fourth-order valence-corrected chi connectivity index (χ4v) is 1.64. The van der Waals surface area contributed by atoms with E-state index in [1.165, 1.54) is 0 Å². The summed E-state index contributed by atoms with van der Waals surface area (Å²) in [6.45, 7) is 1.65. The van der Waals surface area contributed by atoms with E-state index < -0.39 is 17.6 Å². The number of likely N-dealkylation sites (N-methyl/N-ethyl adjacent to an activating group) is 2. The minimum absolute atomic E-state index is 0.185. The number of carboxylic acids is 2. The molecule has 1 rings (SSSR count). The molecular weight excluding hydrogens is 212 g/mol. The van der Waals surface area contributed by atoms with Crippen LogP contribution in [0.25, 0.3) is 0 Å². The molecule has 0 aromatic heterocycles. The van der Waals surface area contributed by atoms with E-state index in [1.54, 1.807) is 43.2 Å². The zero-order chi connectivity index (χ0) is 12.5. The molecule has 0 atom stereocenters. The number of carbonyl (C=O) groups is 2. The van der Waals surface area contributed by atoms with Gasteiger partial charge in [0.15, 0.2) is 0 Å². The van der Waals surface area contributed by atoms with Crippen LogP contribution < -0.4 is 0 Å². The van der Waals surface area contributed by atoms with Crippen LogP contribution in [0.3, 0.4) is 0 Å². The van der Waals surface area contributed by atoms with Crippen LogP contribution in [0.2, 0.25) is 0 Å². The van der Waals surface area contributed by atoms with Crippen molar-refractivity contribution in [1.82, 2.24) is 9.80 Å². The predicted octanol–water partition coefficient (Wildman–Crippen LogP) is 0.147. The first-order valence-corrected chi connectivity index (χ1v) is 4.62. The van der Waals surface area contributed by atoms with Crippen LogP contribution in [-0.2, 0) is 9.59 Å². The molecule has 1 heterocycles. The molecule has 2 N–H and O–H groups in total. The van der Waals surface area contributed by atoms with E-state index in [2.05, 4.69) is 0 Å². The number of rotatable bonds is 3. The van der Waals surface area contributed by atoms with Gasteiger partial charge in [0.2, 0.25) is 0 Å². The maximum atomic E-state index is 11.1. The van der Waals surface area contributed by atoms with Crippen molar-refractivity contribution >= 4 is 11.9 Å². The monoisotopic (exact) mass is 226 g/mol. The first-order chi connectivity index (χ1) is 7.30. The highest BCUT2D eigenvalue weighted by molar-refractivity contribution is 5.96. The van der Waals surface area contributed by atoms with E-state index >= 15 is 0 Å². The Morgan fingerprint density at radius 2 is 1.62 bits per heavy atom. The number of carboxylic acid groups (broad SMARTS) is 2. The SMILES string of the molecule is CN1C=CN(C)C1(C)/C(=C/C(=O)O)C(=O)O. The van der Waals surface area contributed by atoms with Crippen LogP contribution >= 0.6 is 0 Å². The molecule has 88 valence electrons. The summed E-state index contributed by atoms with van der Waals surface area (Å²) in [5, 5.41) is 17.8. The first-order valence-electron chi connectivity index (χ1n) is 4.62. The topological polar surface area (TPSA) is 81.1 Å².